The molecule has 250 valence electrons. The Balaban J connectivity index is 1.16. The summed E-state index contributed by atoms with van der Waals surface area (Å²) in [6.45, 7) is 4.68. The van der Waals surface area contributed by atoms with Gasteiger partial charge in [0.15, 0.2) is 17.5 Å². The van der Waals surface area contributed by atoms with Crippen LogP contribution < -0.4 is 0 Å². The van der Waals surface area contributed by atoms with E-state index < -0.39 is 5.41 Å². The van der Waals surface area contributed by atoms with E-state index in [-0.39, 0.29) is 0 Å². The van der Waals surface area contributed by atoms with Gasteiger partial charge in [-0.2, -0.15) is 0 Å². The van der Waals surface area contributed by atoms with Crippen molar-refractivity contribution in [3.8, 4) is 51.0 Å². The predicted octanol–water partition coefficient (Wildman–Crippen LogP) is 12.0. The van der Waals surface area contributed by atoms with E-state index in [0.29, 0.717) is 17.5 Å². The largest absolute Gasteiger partial charge is 0.294 e. The molecule has 53 heavy (non-hydrogen) atoms. The number of fused-ring (bicyclic) bond motifs is 9. The number of rotatable bonds is 4. The Bertz CT molecular complexity index is 3050. The molecule has 5 nitrogen and oxygen atoms in total. The maximum Gasteiger partial charge on any atom is 0.164 e. The van der Waals surface area contributed by atoms with E-state index in [1.807, 2.05) is 30.5 Å². The minimum atomic E-state index is -0.395. The lowest BCUT2D eigenvalue weighted by molar-refractivity contribution is 0.657. The van der Waals surface area contributed by atoms with Crippen LogP contribution in [0.3, 0.4) is 0 Å². The molecule has 0 atom stereocenters. The molecule has 1 aliphatic carbocycles. The van der Waals surface area contributed by atoms with Crippen molar-refractivity contribution in [2.45, 2.75) is 19.3 Å². The van der Waals surface area contributed by atoms with E-state index in [1.54, 1.807) is 11.3 Å². The lowest BCUT2D eigenvalue weighted by atomic mass is 9.79. The number of thiophene rings is 1. The number of aromatic nitrogens is 5. The number of para-hydroxylation sites is 1. The summed E-state index contributed by atoms with van der Waals surface area (Å²) in [6.07, 6.45) is 1.89. The molecule has 0 saturated heterocycles. The van der Waals surface area contributed by atoms with Crippen molar-refractivity contribution >= 4 is 53.4 Å². The summed E-state index contributed by atoms with van der Waals surface area (Å²) in [6, 6.07) is 51.4. The van der Waals surface area contributed by atoms with Crippen LogP contribution in [0.25, 0.3) is 93.1 Å². The Labute approximate surface area is 309 Å². The van der Waals surface area contributed by atoms with Crippen molar-refractivity contribution in [2.75, 3.05) is 0 Å². The second kappa shape index (κ2) is 11.2. The van der Waals surface area contributed by atoms with Crippen LogP contribution in [-0.4, -0.2) is 24.5 Å². The van der Waals surface area contributed by atoms with Crippen molar-refractivity contribution in [2.24, 2.45) is 0 Å². The van der Waals surface area contributed by atoms with Gasteiger partial charge in [0.05, 0.1) is 11.2 Å². The molecule has 11 rings (SSSR count). The lowest BCUT2D eigenvalue weighted by Gasteiger charge is -2.27. The van der Waals surface area contributed by atoms with Crippen molar-refractivity contribution in [1.29, 1.82) is 0 Å². The fraction of sp³-hybridized carbons (Fsp3) is 0.0638. The highest BCUT2D eigenvalue weighted by atomic mass is 32.1. The van der Waals surface area contributed by atoms with Gasteiger partial charge in [0.1, 0.15) is 5.65 Å². The summed E-state index contributed by atoms with van der Waals surface area (Å²) in [7, 11) is 0. The molecule has 0 N–H and O–H groups in total. The summed E-state index contributed by atoms with van der Waals surface area (Å²) in [4.78, 5) is 20.7. The lowest BCUT2D eigenvalue weighted by Crippen LogP contribution is -2.19. The number of hydrogen-bond acceptors (Lipinski definition) is 5. The molecule has 6 aromatic carbocycles. The zero-order valence-corrected chi connectivity index (χ0v) is 29.9. The van der Waals surface area contributed by atoms with Crippen LogP contribution in [0.15, 0.2) is 152 Å². The van der Waals surface area contributed by atoms with E-state index in [4.69, 9.17) is 19.9 Å². The van der Waals surface area contributed by atoms with E-state index in [2.05, 4.69) is 140 Å². The minimum absolute atomic E-state index is 0.395. The van der Waals surface area contributed by atoms with E-state index in [9.17, 15) is 0 Å². The van der Waals surface area contributed by atoms with Crippen molar-refractivity contribution in [3.05, 3.63) is 163 Å². The first-order valence-corrected chi connectivity index (χ1v) is 18.7. The number of nitrogens with zero attached hydrogens (tertiary/aromatic N) is 5. The van der Waals surface area contributed by atoms with Crippen molar-refractivity contribution in [3.63, 3.8) is 0 Å². The second-order valence-corrected chi connectivity index (χ2v) is 15.3. The zero-order chi connectivity index (χ0) is 35.3. The van der Waals surface area contributed by atoms with Gasteiger partial charge in [-0.05, 0) is 58.7 Å². The molecule has 0 saturated carbocycles. The van der Waals surface area contributed by atoms with Crippen LogP contribution >= 0.6 is 11.3 Å². The normalized spacial score (nSPS) is 13.2. The number of benzene rings is 6. The summed E-state index contributed by atoms with van der Waals surface area (Å²) < 4.78 is 4.82. The van der Waals surface area contributed by atoms with Gasteiger partial charge in [0.25, 0.3) is 0 Å². The third-order valence-electron chi connectivity index (χ3n) is 10.9. The molecule has 4 heterocycles. The second-order valence-electron chi connectivity index (χ2n) is 14.2. The highest BCUT2D eigenvalue weighted by molar-refractivity contribution is 7.25. The van der Waals surface area contributed by atoms with Crippen LogP contribution in [0.4, 0.5) is 0 Å². The highest BCUT2D eigenvalue weighted by Gasteiger charge is 2.41. The van der Waals surface area contributed by atoms with Crippen LogP contribution in [-0.2, 0) is 5.41 Å². The van der Waals surface area contributed by atoms with Gasteiger partial charge >= 0.3 is 0 Å². The molecule has 0 radical (unpaired) electrons. The van der Waals surface area contributed by atoms with Gasteiger partial charge in [-0.3, -0.25) is 4.57 Å². The summed E-state index contributed by atoms with van der Waals surface area (Å²) in [5, 5.41) is 4.74. The van der Waals surface area contributed by atoms with Crippen LogP contribution in [0.2, 0.25) is 0 Å². The third kappa shape index (κ3) is 4.36. The molecule has 0 fully saturated rings. The standard InChI is InChI=1S/C47H31N5S/c1-47(2)41-30(31-19-11-24-37(42(31)47)52-36-23-8-6-16-29(36)32-22-13-27-48-46(32)52)18-10-21-35(41)45-50-43(28-14-4-3-5-15-28)49-44(51-45)34-20-12-26-39-40(34)33-17-7-9-25-38(33)53-39/h3-27H,1-2H3. The van der Waals surface area contributed by atoms with Crippen LogP contribution in [0.1, 0.15) is 25.0 Å². The van der Waals surface area contributed by atoms with Gasteiger partial charge in [0, 0.05) is 59.2 Å². The molecule has 0 bridgehead atoms. The fourth-order valence-electron chi connectivity index (χ4n) is 8.70. The summed E-state index contributed by atoms with van der Waals surface area (Å²) in [5.41, 5.74) is 10.7. The smallest absolute Gasteiger partial charge is 0.164 e. The average molecular weight is 698 g/mol. The molecule has 0 amide bonds. The van der Waals surface area contributed by atoms with Crippen molar-refractivity contribution < 1.29 is 0 Å². The quantitative estimate of drug-likeness (QED) is 0.184. The molecular weight excluding hydrogens is 667 g/mol. The van der Waals surface area contributed by atoms with E-state index in [0.717, 1.165) is 38.9 Å². The first-order valence-electron chi connectivity index (χ1n) is 17.9. The average Bonchev–Trinajstić information content (AvgIpc) is 3.84. The van der Waals surface area contributed by atoms with Gasteiger partial charge in [-0.1, -0.05) is 123 Å². The minimum Gasteiger partial charge on any atom is -0.294 e. The van der Waals surface area contributed by atoms with Crippen LogP contribution in [0, 0.1) is 0 Å². The Morgan fingerprint density at radius 1 is 0.491 bits per heavy atom. The zero-order valence-electron chi connectivity index (χ0n) is 29.1. The molecular formula is C47H31N5S. The van der Waals surface area contributed by atoms with Crippen LogP contribution in [0.5, 0.6) is 0 Å². The molecule has 4 aromatic heterocycles. The molecule has 0 spiro atoms. The SMILES string of the molecule is CC1(C)c2c(-c3nc(-c4ccccc4)nc(-c4cccc5sc6ccccc6c45)n3)cccc2-c2cccc(-n3c4ccccc4c4cccnc43)c21. The number of hydrogen-bond donors (Lipinski definition) is 0. The van der Waals surface area contributed by atoms with Gasteiger partial charge in [-0.15, -0.1) is 11.3 Å². The first-order chi connectivity index (χ1) is 26.1. The van der Waals surface area contributed by atoms with E-state index in [1.165, 1.54) is 47.8 Å². The molecule has 10 aromatic rings. The van der Waals surface area contributed by atoms with E-state index >= 15 is 0 Å². The summed E-state index contributed by atoms with van der Waals surface area (Å²) >= 11 is 1.80. The third-order valence-corrected chi connectivity index (χ3v) is 12.0. The Morgan fingerprint density at radius 3 is 1.98 bits per heavy atom. The Morgan fingerprint density at radius 2 is 1.11 bits per heavy atom. The van der Waals surface area contributed by atoms with Gasteiger partial charge in [-0.25, -0.2) is 19.9 Å². The Hall–Kier alpha value is -6.50. The molecule has 0 unspecified atom stereocenters. The molecule has 0 aliphatic heterocycles. The highest BCUT2D eigenvalue weighted by Crippen LogP contribution is 2.54. The fourth-order valence-corrected chi connectivity index (χ4v) is 9.84. The van der Waals surface area contributed by atoms with Crippen molar-refractivity contribution in [1.82, 2.24) is 24.5 Å². The predicted molar refractivity (Wildman–Crippen MR) is 219 cm³/mol. The Kier molecular flexibility index (Phi) is 6.40. The molecule has 6 heteroatoms. The summed E-state index contributed by atoms with van der Waals surface area (Å²) in [5.74, 6) is 2.00. The van der Waals surface area contributed by atoms with Gasteiger partial charge in [0.2, 0.25) is 0 Å². The van der Waals surface area contributed by atoms with Gasteiger partial charge < -0.3 is 0 Å². The topological polar surface area (TPSA) is 56.5 Å². The monoisotopic (exact) mass is 697 g/mol. The maximum atomic E-state index is 5.36. The first kappa shape index (κ1) is 30.2. The maximum absolute atomic E-state index is 5.36. The number of pyridine rings is 1. The molecule has 1 aliphatic rings.